The van der Waals surface area contributed by atoms with Crippen LogP contribution in [0.2, 0.25) is 0 Å². The van der Waals surface area contributed by atoms with E-state index in [4.69, 9.17) is 10.3 Å². The summed E-state index contributed by atoms with van der Waals surface area (Å²) in [4.78, 5) is 0. The molecule has 108 valence electrons. The van der Waals surface area contributed by atoms with Crippen LogP contribution in [0.5, 0.6) is 0 Å². The van der Waals surface area contributed by atoms with Crippen molar-refractivity contribution in [1.29, 1.82) is 0 Å². The standard InChI is InChI=1S/C17H24N2O/c1-5-6-7-14-15(16(18)20-19-14)12-8-10-13(11-9-12)17(2,3)4/h8-11H,5-7,18H2,1-4H3. The summed E-state index contributed by atoms with van der Waals surface area (Å²) in [5.74, 6) is 0.416. The number of nitrogens with two attached hydrogens (primary N) is 1. The Balaban J connectivity index is 2.34. The van der Waals surface area contributed by atoms with Crippen molar-refractivity contribution in [2.24, 2.45) is 0 Å². The molecule has 0 fully saturated rings. The molecule has 20 heavy (non-hydrogen) atoms. The number of nitrogen functional groups attached to an aromatic ring is 1. The summed E-state index contributed by atoms with van der Waals surface area (Å²) in [6, 6.07) is 8.54. The molecule has 0 atom stereocenters. The Bertz CT molecular complexity index is 562. The molecule has 2 aromatic rings. The van der Waals surface area contributed by atoms with E-state index in [0.717, 1.165) is 36.1 Å². The monoisotopic (exact) mass is 272 g/mol. The third-order valence-electron chi connectivity index (χ3n) is 3.60. The van der Waals surface area contributed by atoms with Crippen molar-refractivity contribution in [3.05, 3.63) is 35.5 Å². The minimum atomic E-state index is 0.157. The molecule has 0 amide bonds. The Morgan fingerprint density at radius 3 is 2.35 bits per heavy atom. The molecule has 2 rings (SSSR count). The van der Waals surface area contributed by atoms with Crippen molar-refractivity contribution in [2.75, 3.05) is 5.73 Å². The van der Waals surface area contributed by atoms with Crippen molar-refractivity contribution in [1.82, 2.24) is 5.16 Å². The first-order valence-electron chi connectivity index (χ1n) is 7.28. The van der Waals surface area contributed by atoms with Gasteiger partial charge in [-0.25, -0.2) is 0 Å². The Morgan fingerprint density at radius 1 is 1.15 bits per heavy atom. The lowest BCUT2D eigenvalue weighted by atomic mass is 9.86. The average molecular weight is 272 g/mol. The van der Waals surface area contributed by atoms with Gasteiger partial charge in [0.05, 0.1) is 11.3 Å². The Kier molecular flexibility index (Phi) is 4.17. The summed E-state index contributed by atoms with van der Waals surface area (Å²) >= 11 is 0. The number of hydrogen-bond donors (Lipinski definition) is 1. The minimum Gasteiger partial charge on any atom is -0.367 e. The first-order valence-corrected chi connectivity index (χ1v) is 7.28. The van der Waals surface area contributed by atoms with Gasteiger partial charge in [0.15, 0.2) is 0 Å². The highest BCUT2D eigenvalue weighted by atomic mass is 16.5. The van der Waals surface area contributed by atoms with Gasteiger partial charge in [-0.2, -0.15) is 0 Å². The van der Waals surface area contributed by atoms with E-state index in [1.165, 1.54) is 5.56 Å². The largest absolute Gasteiger partial charge is 0.367 e. The smallest absolute Gasteiger partial charge is 0.230 e. The van der Waals surface area contributed by atoms with Crippen molar-refractivity contribution >= 4 is 5.88 Å². The zero-order valence-electron chi connectivity index (χ0n) is 12.9. The lowest BCUT2D eigenvalue weighted by molar-refractivity contribution is 0.426. The SMILES string of the molecule is CCCCc1noc(N)c1-c1ccc(C(C)(C)C)cc1. The van der Waals surface area contributed by atoms with E-state index in [2.05, 4.69) is 57.1 Å². The zero-order valence-corrected chi connectivity index (χ0v) is 12.9. The minimum absolute atomic E-state index is 0.157. The van der Waals surface area contributed by atoms with Crippen molar-refractivity contribution in [3.63, 3.8) is 0 Å². The van der Waals surface area contributed by atoms with E-state index in [0.29, 0.717) is 5.88 Å². The molecule has 1 heterocycles. The second-order valence-electron chi connectivity index (χ2n) is 6.30. The van der Waals surface area contributed by atoms with Crippen LogP contribution in [0.25, 0.3) is 11.1 Å². The maximum Gasteiger partial charge on any atom is 0.230 e. The number of nitrogens with zero attached hydrogens (tertiary/aromatic N) is 1. The van der Waals surface area contributed by atoms with Crippen molar-refractivity contribution < 1.29 is 4.52 Å². The van der Waals surface area contributed by atoms with Crippen LogP contribution in [0.4, 0.5) is 5.88 Å². The third-order valence-corrected chi connectivity index (χ3v) is 3.60. The number of anilines is 1. The van der Waals surface area contributed by atoms with E-state index in [-0.39, 0.29) is 5.41 Å². The van der Waals surface area contributed by atoms with Gasteiger partial charge in [-0.15, -0.1) is 0 Å². The third kappa shape index (κ3) is 3.03. The molecular formula is C17H24N2O. The van der Waals surface area contributed by atoms with Crippen LogP contribution >= 0.6 is 0 Å². The number of hydrogen-bond acceptors (Lipinski definition) is 3. The van der Waals surface area contributed by atoms with E-state index in [9.17, 15) is 0 Å². The van der Waals surface area contributed by atoms with Gasteiger partial charge in [0.1, 0.15) is 0 Å². The van der Waals surface area contributed by atoms with Crippen LogP contribution in [-0.4, -0.2) is 5.16 Å². The highest BCUT2D eigenvalue weighted by molar-refractivity contribution is 5.75. The molecular weight excluding hydrogens is 248 g/mol. The maximum absolute atomic E-state index is 5.94. The van der Waals surface area contributed by atoms with Gasteiger partial charge < -0.3 is 10.3 Å². The fourth-order valence-electron chi connectivity index (χ4n) is 2.30. The molecule has 0 radical (unpaired) electrons. The Hall–Kier alpha value is -1.77. The van der Waals surface area contributed by atoms with E-state index < -0.39 is 0 Å². The summed E-state index contributed by atoms with van der Waals surface area (Å²) in [7, 11) is 0. The van der Waals surface area contributed by atoms with Crippen LogP contribution in [0.3, 0.4) is 0 Å². The normalized spacial score (nSPS) is 11.8. The van der Waals surface area contributed by atoms with Gasteiger partial charge in [-0.05, 0) is 29.4 Å². The molecule has 0 unspecified atom stereocenters. The molecule has 0 aliphatic carbocycles. The second-order valence-corrected chi connectivity index (χ2v) is 6.30. The molecule has 1 aromatic carbocycles. The first kappa shape index (κ1) is 14.6. The van der Waals surface area contributed by atoms with E-state index in [1.54, 1.807) is 0 Å². The number of benzene rings is 1. The van der Waals surface area contributed by atoms with Gasteiger partial charge in [-0.1, -0.05) is 63.5 Å². The zero-order chi connectivity index (χ0) is 14.8. The molecule has 0 aliphatic rings. The van der Waals surface area contributed by atoms with Gasteiger partial charge >= 0.3 is 0 Å². The molecule has 2 N–H and O–H groups in total. The van der Waals surface area contributed by atoms with Crippen LogP contribution in [0, 0.1) is 0 Å². The molecule has 1 aromatic heterocycles. The maximum atomic E-state index is 5.94. The molecule has 3 heteroatoms. The number of rotatable bonds is 4. The summed E-state index contributed by atoms with van der Waals surface area (Å²) in [6.45, 7) is 8.80. The predicted octanol–water partition coefficient (Wildman–Crippen LogP) is 4.56. The van der Waals surface area contributed by atoms with Gasteiger partial charge in [0.25, 0.3) is 0 Å². The summed E-state index contributed by atoms with van der Waals surface area (Å²) < 4.78 is 5.17. The van der Waals surface area contributed by atoms with Crippen molar-refractivity contribution in [2.45, 2.75) is 52.4 Å². The number of aromatic nitrogens is 1. The second kappa shape index (κ2) is 5.70. The first-order chi connectivity index (χ1) is 9.43. The lowest BCUT2D eigenvalue weighted by Gasteiger charge is -2.19. The highest BCUT2D eigenvalue weighted by Gasteiger charge is 2.17. The fraction of sp³-hybridized carbons (Fsp3) is 0.471. The Morgan fingerprint density at radius 2 is 1.80 bits per heavy atom. The molecule has 0 bridgehead atoms. The topological polar surface area (TPSA) is 52.0 Å². The Labute approximate surface area is 121 Å². The molecule has 0 spiro atoms. The molecule has 0 saturated carbocycles. The van der Waals surface area contributed by atoms with Crippen LogP contribution in [-0.2, 0) is 11.8 Å². The van der Waals surface area contributed by atoms with Crippen LogP contribution < -0.4 is 5.73 Å². The fourth-order valence-corrected chi connectivity index (χ4v) is 2.30. The molecule has 3 nitrogen and oxygen atoms in total. The quantitative estimate of drug-likeness (QED) is 0.887. The van der Waals surface area contributed by atoms with Crippen LogP contribution in [0.1, 0.15) is 51.8 Å². The summed E-state index contributed by atoms with van der Waals surface area (Å²) in [5, 5.41) is 4.10. The molecule has 0 aliphatic heterocycles. The van der Waals surface area contributed by atoms with Gasteiger partial charge in [-0.3, -0.25) is 0 Å². The van der Waals surface area contributed by atoms with E-state index in [1.807, 2.05) is 0 Å². The predicted molar refractivity (Wildman–Crippen MR) is 83.7 cm³/mol. The van der Waals surface area contributed by atoms with Gasteiger partial charge in [0.2, 0.25) is 5.88 Å². The summed E-state index contributed by atoms with van der Waals surface area (Å²) in [5.41, 5.74) is 10.4. The van der Waals surface area contributed by atoms with E-state index >= 15 is 0 Å². The lowest BCUT2D eigenvalue weighted by Crippen LogP contribution is -2.10. The van der Waals surface area contributed by atoms with Gasteiger partial charge in [0, 0.05) is 0 Å². The molecule has 0 saturated heterocycles. The van der Waals surface area contributed by atoms with Crippen LogP contribution in [0.15, 0.2) is 28.8 Å². The number of aryl methyl sites for hydroxylation is 1. The summed E-state index contributed by atoms with van der Waals surface area (Å²) in [6.07, 6.45) is 3.14. The van der Waals surface area contributed by atoms with Crippen molar-refractivity contribution in [3.8, 4) is 11.1 Å². The number of unbranched alkanes of at least 4 members (excludes halogenated alkanes) is 1. The highest BCUT2D eigenvalue weighted by Crippen LogP contribution is 2.32. The average Bonchev–Trinajstić information content (AvgIpc) is 2.76.